The van der Waals surface area contributed by atoms with Crippen molar-refractivity contribution in [3.8, 4) is 0 Å². The van der Waals surface area contributed by atoms with Crippen LogP contribution in [-0.4, -0.2) is 12.0 Å². The predicted octanol–water partition coefficient (Wildman–Crippen LogP) is 1.77. The Labute approximate surface area is 60.6 Å². The number of hydrogen-bond donors (Lipinski definition) is 1. The van der Waals surface area contributed by atoms with E-state index >= 15 is 0 Å². The summed E-state index contributed by atoms with van der Waals surface area (Å²) in [5.74, 6) is 0. The summed E-state index contributed by atoms with van der Waals surface area (Å²) in [7, 11) is 1.87. The summed E-state index contributed by atoms with van der Waals surface area (Å²) >= 11 is 0. The smallest absolute Gasteiger partial charge is 0.0625 e. The molecule has 0 atom stereocenters. The summed E-state index contributed by atoms with van der Waals surface area (Å²) in [5, 5.41) is 2.98. The zero-order valence-electron chi connectivity index (χ0n) is 5.96. The lowest BCUT2D eigenvalue weighted by Gasteiger charge is -1.97. The van der Waals surface area contributed by atoms with Gasteiger partial charge >= 0.3 is 0 Å². The van der Waals surface area contributed by atoms with Gasteiger partial charge < -0.3 is 5.32 Å². The molecule has 10 heavy (non-hydrogen) atoms. The van der Waals surface area contributed by atoms with Crippen LogP contribution in [-0.2, 0) is 0 Å². The van der Waals surface area contributed by atoms with Gasteiger partial charge in [-0.2, -0.15) is 0 Å². The molecule has 0 bridgehead atoms. The van der Waals surface area contributed by atoms with Crippen molar-refractivity contribution in [3.05, 3.63) is 30.6 Å². The van der Waals surface area contributed by atoms with E-state index in [4.69, 9.17) is 0 Å². The molecule has 1 aromatic heterocycles. The predicted molar refractivity (Wildman–Crippen MR) is 43.9 cm³/mol. The maximum Gasteiger partial charge on any atom is 0.0625 e. The maximum atomic E-state index is 4.09. The van der Waals surface area contributed by atoms with Crippen molar-refractivity contribution >= 4 is 11.8 Å². The molecule has 0 saturated heterocycles. The SMILES string of the molecule is C=Cc1ccc(NC)cn1. The van der Waals surface area contributed by atoms with Crippen LogP contribution in [0.1, 0.15) is 5.69 Å². The van der Waals surface area contributed by atoms with Gasteiger partial charge in [-0.05, 0) is 18.2 Å². The summed E-state index contributed by atoms with van der Waals surface area (Å²) in [6, 6.07) is 3.88. The fraction of sp³-hybridized carbons (Fsp3) is 0.125. The van der Waals surface area contributed by atoms with E-state index in [1.165, 1.54) is 0 Å². The monoisotopic (exact) mass is 134 g/mol. The third-order valence-electron chi connectivity index (χ3n) is 1.28. The van der Waals surface area contributed by atoms with Crippen molar-refractivity contribution in [1.82, 2.24) is 4.98 Å². The van der Waals surface area contributed by atoms with Crippen LogP contribution in [0.3, 0.4) is 0 Å². The minimum atomic E-state index is 0.902. The van der Waals surface area contributed by atoms with Crippen LogP contribution >= 0.6 is 0 Å². The highest BCUT2D eigenvalue weighted by molar-refractivity contribution is 5.47. The van der Waals surface area contributed by atoms with Crippen LogP contribution in [0.4, 0.5) is 5.69 Å². The second-order valence-corrected chi connectivity index (χ2v) is 1.93. The molecule has 0 aliphatic carbocycles. The van der Waals surface area contributed by atoms with Gasteiger partial charge in [0.15, 0.2) is 0 Å². The van der Waals surface area contributed by atoms with Crippen LogP contribution in [0.5, 0.6) is 0 Å². The van der Waals surface area contributed by atoms with Gasteiger partial charge in [0, 0.05) is 7.05 Å². The fourth-order valence-corrected chi connectivity index (χ4v) is 0.674. The van der Waals surface area contributed by atoms with E-state index in [1.54, 1.807) is 12.3 Å². The van der Waals surface area contributed by atoms with Crippen LogP contribution < -0.4 is 5.32 Å². The zero-order chi connectivity index (χ0) is 7.40. The standard InChI is InChI=1S/C8H10N2/c1-3-7-4-5-8(9-2)6-10-7/h3-6,9H,1H2,2H3. The van der Waals surface area contributed by atoms with E-state index in [1.807, 2.05) is 19.2 Å². The Kier molecular flexibility index (Phi) is 2.05. The Hall–Kier alpha value is -1.31. The van der Waals surface area contributed by atoms with Gasteiger partial charge in [-0.3, -0.25) is 4.98 Å². The van der Waals surface area contributed by atoms with Crippen LogP contribution in [0, 0.1) is 0 Å². The van der Waals surface area contributed by atoms with Gasteiger partial charge in [-0.15, -0.1) is 0 Å². The molecule has 0 fully saturated rings. The minimum Gasteiger partial charge on any atom is -0.387 e. The summed E-state index contributed by atoms with van der Waals surface area (Å²) in [4.78, 5) is 4.09. The topological polar surface area (TPSA) is 24.9 Å². The first-order valence-corrected chi connectivity index (χ1v) is 3.13. The number of hydrogen-bond acceptors (Lipinski definition) is 2. The molecular weight excluding hydrogens is 124 g/mol. The first kappa shape index (κ1) is 6.81. The van der Waals surface area contributed by atoms with E-state index in [9.17, 15) is 0 Å². The van der Waals surface area contributed by atoms with Gasteiger partial charge in [0.05, 0.1) is 17.6 Å². The second kappa shape index (κ2) is 3.01. The lowest BCUT2D eigenvalue weighted by atomic mass is 10.3. The molecule has 1 aromatic rings. The quantitative estimate of drug-likeness (QED) is 0.666. The molecule has 0 aromatic carbocycles. The first-order valence-electron chi connectivity index (χ1n) is 3.13. The number of anilines is 1. The summed E-state index contributed by atoms with van der Waals surface area (Å²) in [6.45, 7) is 3.60. The molecular formula is C8H10N2. The molecule has 0 saturated carbocycles. The fourth-order valence-electron chi connectivity index (χ4n) is 0.674. The number of nitrogens with one attached hydrogen (secondary N) is 1. The van der Waals surface area contributed by atoms with Crippen LogP contribution in [0.25, 0.3) is 6.08 Å². The van der Waals surface area contributed by atoms with Gasteiger partial charge in [-0.1, -0.05) is 6.58 Å². The van der Waals surface area contributed by atoms with E-state index < -0.39 is 0 Å². The zero-order valence-corrected chi connectivity index (χ0v) is 5.96. The molecule has 1 rings (SSSR count). The maximum absolute atomic E-state index is 4.09. The van der Waals surface area contributed by atoms with Crippen molar-refractivity contribution < 1.29 is 0 Å². The lowest BCUT2D eigenvalue weighted by Crippen LogP contribution is -1.88. The number of pyridine rings is 1. The molecule has 0 radical (unpaired) electrons. The highest BCUT2D eigenvalue weighted by atomic mass is 14.8. The Morgan fingerprint density at radius 1 is 1.60 bits per heavy atom. The van der Waals surface area contributed by atoms with Crippen molar-refractivity contribution in [2.75, 3.05) is 12.4 Å². The molecule has 52 valence electrons. The third kappa shape index (κ3) is 1.35. The molecule has 0 spiro atoms. The Morgan fingerprint density at radius 2 is 2.40 bits per heavy atom. The van der Waals surface area contributed by atoms with Gasteiger partial charge in [-0.25, -0.2) is 0 Å². The normalized spacial score (nSPS) is 8.90. The highest BCUT2D eigenvalue weighted by Gasteiger charge is 1.87. The molecule has 1 heterocycles. The first-order chi connectivity index (χ1) is 4.86. The van der Waals surface area contributed by atoms with E-state index in [0.717, 1.165) is 11.4 Å². The summed E-state index contributed by atoms with van der Waals surface area (Å²) < 4.78 is 0. The Bertz CT molecular complexity index is 213. The highest BCUT2D eigenvalue weighted by Crippen LogP contribution is 2.04. The van der Waals surface area contributed by atoms with Gasteiger partial charge in [0.25, 0.3) is 0 Å². The Balaban J connectivity index is 2.90. The minimum absolute atomic E-state index is 0.902. The molecule has 1 N–H and O–H groups in total. The number of nitrogens with zero attached hydrogens (tertiary/aromatic N) is 1. The van der Waals surface area contributed by atoms with Gasteiger partial charge in [0.1, 0.15) is 0 Å². The van der Waals surface area contributed by atoms with Crippen molar-refractivity contribution in [2.24, 2.45) is 0 Å². The van der Waals surface area contributed by atoms with Crippen LogP contribution in [0.15, 0.2) is 24.9 Å². The van der Waals surface area contributed by atoms with E-state index in [2.05, 4.69) is 16.9 Å². The molecule has 2 heteroatoms. The van der Waals surface area contributed by atoms with E-state index in [-0.39, 0.29) is 0 Å². The van der Waals surface area contributed by atoms with E-state index in [0.29, 0.717) is 0 Å². The molecule has 0 unspecified atom stereocenters. The van der Waals surface area contributed by atoms with Crippen molar-refractivity contribution in [1.29, 1.82) is 0 Å². The van der Waals surface area contributed by atoms with Crippen molar-refractivity contribution in [3.63, 3.8) is 0 Å². The second-order valence-electron chi connectivity index (χ2n) is 1.93. The molecule has 2 nitrogen and oxygen atoms in total. The van der Waals surface area contributed by atoms with Gasteiger partial charge in [0.2, 0.25) is 0 Å². The average molecular weight is 134 g/mol. The lowest BCUT2D eigenvalue weighted by molar-refractivity contribution is 1.28. The molecule has 0 aliphatic rings. The molecule has 0 amide bonds. The largest absolute Gasteiger partial charge is 0.387 e. The number of rotatable bonds is 2. The summed E-state index contributed by atoms with van der Waals surface area (Å²) in [5.41, 5.74) is 1.92. The number of aromatic nitrogens is 1. The average Bonchev–Trinajstić information content (AvgIpc) is 2.05. The Morgan fingerprint density at radius 3 is 2.80 bits per heavy atom. The van der Waals surface area contributed by atoms with Crippen LogP contribution in [0.2, 0.25) is 0 Å². The molecule has 0 aliphatic heterocycles. The summed E-state index contributed by atoms with van der Waals surface area (Å²) in [6.07, 6.45) is 3.50. The van der Waals surface area contributed by atoms with Crippen molar-refractivity contribution in [2.45, 2.75) is 0 Å². The third-order valence-corrected chi connectivity index (χ3v) is 1.28.